The Kier molecular flexibility index (Phi) is 4.22. The van der Waals surface area contributed by atoms with Crippen molar-refractivity contribution >= 4 is 11.6 Å². The zero-order valence-electron chi connectivity index (χ0n) is 11.3. The molecule has 0 atom stereocenters. The van der Waals surface area contributed by atoms with E-state index in [4.69, 9.17) is 11.6 Å². The van der Waals surface area contributed by atoms with Gasteiger partial charge in [0.25, 0.3) is 0 Å². The number of aryl methyl sites for hydroxylation is 1. The number of nitrogens with one attached hydrogen (secondary N) is 1. The van der Waals surface area contributed by atoms with E-state index in [1.165, 1.54) is 0 Å². The lowest BCUT2D eigenvalue weighted by Gasteiger charge is -2.07. The third-order valence-corrected chi connectivity index (χ3v) is 3.53. The quantitative estimate of drug-likeness (QED) is 0.933. The van der Waals surface area contributed by atoms with Crippen LogP contribution >= 0.6 is 11.6 Å². The van der Waals surface area contributed by atoms with E-state index in [2.05, 4.69) is 10.4 Å². The molecule has 0 saturated carbocycles. The van der Waals surface area contributed by atoms with Crippen molar-refractivity contribution in [1.82, 2.24) is 15.1 Å². The lowest BCUT2D eigenvalue weighted by Crippen LogP contribution is -2.09. The molecule has 1 N–H and O–H groups in total. The van der Waals surface area contributed by atoms with Gasteiger partial charge in [-0.3, -0.25) is 4.68 Å². The SMILES string of the molecule is CNCc1c(C)nn(Cc2cccc(Cl)c2F)c1C. The van der Waals surface area contributed by atoms with Gasteiger partial charge in [0.1, 0.15) is 5.82 Å². The maximum Gasteiger partial charge on any atom is 0.146 e. The van der Waals surface area contributed by atoms with Crippen molar-refractivity contribution in [3.63, 3.8) is 0 Å². The van der Waals surface area contributed by atoms with Gasteiger partial charge >= 0.3 is 0 Å². The van der Waals surface area contributed by atoms with Crippen LogP contribution < -0.4 is 5.32 Å². The topological polar surface area (TPSA) is 29.9 Å². The molecule has 1 aromatic carbocycles. The Labute approximate surface area is 117 Å². The molecule has 2 rings (SSSR count). The maximum absolute atomic E-state index is 13.9. The second kappa shape index (κ2) is 5.72. The van der Waals surface area contributed by atoms with Gasteiger partial charge in [0.15, 0.2) is 0 Å². The smallest absolute Gasteiger partial charge is 0.146 e. The predicted octanol–water partition coefficient (Wildman–Crippen LogP) is 3.06. The van der Waals surface area contributed by atoms with Crippen LogP contribution in [0.4, 0.5) is 4.39 Å². The number of hydrogen-bond acceptors (Lipinski definition) is 2. The van der Waals surface area contributed by atoms with Gasteiger partial charge in [-0.2, -0.15) is 5.10 Å². The van der Waals surface area contributed by atoms with E-state index >= 15 is 0 Å². The highest BCUT2D eigenvalue weighted by Gasteiger charge is 2.13. The fraction of sp³-hybridized carbons (Fsp3) is 0.357. The lowest BCUT2D eigenvalue weighted by molar-refractivity contribution is 0.578. The number of hydrogen-bond donors (Lipinski definition) is 1. The van der Waals surface area contributed by atoms with E-state index < -0.39 is 0 Å². The Morgan fingerprint density at radius 2 is 2.11 bits per heavy atom. The molecule has 0 fully saturated rings. The van der Waals surface area contributed by atoms with Crippen LogP contribution in [-0.4, -0.2) is 16.8 Å². The first kappa shape index (κ1) is 14.0. The first-order valence-electron chi connectivity index (χ1n) is 6.15. The molecule has 2 aromatic rings. The monoisotopic (exact) mass is 281 g/mol. The first-order chi connectivity index (χ1) is 9.04. The molecule has 0 aliphatic rings. The lowest BCUT2D eigenvalue weighted by atomic mass is 10.2. The van der Waals surface area contributed by atoms with Crippen LogP contribution in [0, 0.1) is 19.7 Å². The summed E-state index contributed by atoms with van der Waals surface area (Å²) in [5.74, 6) is -0.369. The number of aromatic nitrogens is 2. The van der Waals surface area contributed by atoms with Gasteiger partial charge < -0.3 is 5.32 Å². The van der Waals surface area contributed by atoms with Crippen molar-refractivity contribution in [3.8, 4) is 0 Å². The van der Waals surface area contributed by atoms with E-state index in [0.29, 0.717) is 12.1 Å². The zero-order valence-corrected chi connectivity index (χ0v) is 12.1. The molecule has 1 aromatic heterocycles. The van der Waals surface area contributed by atoms with E-state index in [9.17, 15) is 4.39 Å². The van der Waals surface area contributed by atoms with Crippen molar-refractivity contribution in [2.24, 2.45) is 0 Å². The molecule has 0 aliphatic carbocycles. The third kappa shape index (κ3) is 2.80. The molecular formula is C14H17ClFN3. The average Bonchev–Trinajstić information content (AvgIpc) is 2.63. The van der Waals surface area contributed by atoms with Crippen molar-refractivity contribution in [3.05, 3.63) is 51.6 Å². The zero-order chi connectivity index (χ0) is 14.0. The first-order valence-corrected chi connectivity index (χ1v) is 6.52. The second-order valence-electron chi connectivity index (χ2n) is 4.55. The Morgan fingerprint density at radius 3 is 2.79 bits per heavy atom. The highest BCUT2D eigenvalue weighted by atomic mass is 35.5. The predicted molar refractivity (Wildman–Crippen MR) is 75.0 cm³/mol. The Balaban J connectivity index is 2.34. The molecule has 5 heteroatoms. The van der Waals surface area contributed by atoms with Crippen LogP contribution in [0.3, 0.4) is 0 Å². The third-order valence-electron chi connectivity index (χ3n) is 3.24. The van der Waals surface area contributed by atoms with Crippen LogP contribution in [-0.2, 0) is 13.1 Å². The van der Waals surface area contributed by atoms with Crippen LogP contribution in [0.15, 0.2) is 18.2 Å². The number of benzene rings is 1. The largest absolute Gasteiger partial charge is 0.316 e. The summed E-state index contributed by atoms with van der Waals surface area (Å²) in [6, 6.07) is 5.03. The Hall–Kier alpha value is -1.39. The van der Waals surface area contributed by atoms with Crippen LogP contribution in [0.25, 0.3) is 0 Å². The van der Waals surface area contributed by atoms with Crippen LogP contribution in [0.2, 0.25) is 5.02 Å². The van der Waals surface area contributed by atoms with E-state index in [0.717, 1.165) is 23.5 Å². The molecule has 0 amide bonds. The number of rotatable bonds is 4. The van der Waals surface area contributed by atoms with Gasteiger partial charge in [-0.25, -0.2) is 4.39 Å². The summed E-state index contributed by atoms with van der Waals surface area (Å²) in [7, 11) is 1.90. The van der Waals surface area contributed by atoms with Crippen molar-refractivity contribution in [2.45, 2.75) is 26.9 Å². The molecule has 102 valence electrons. The highest BCUT2D eigenvalue weighted by molar-refractivity contribution is 6.30. The molecular weight excluding hydrogens is 265 g/mol. The maximum atomic E-state index is 13.9. The summed E-state index contributed by atoms with van der Waals surface area (Å²) in [4.78, 5) is 0. The summed E-state index contributed by atoms with van der Waals surface area (Å²) >= 11 is 5.79. The van der Waals surface area contributed by atoms with E-state index in [1.54, 1.807) is 18.2 Å². The molecule has 19 heavy (non-hydrogen) atoms. The standard InChI is InChI=1S/C14H17ClFN3/c1-9-12(7-17-3)10(2)19(18-9)8-11-5-4-6-13(15)14(11)16/h4-6,17H,7-8H2,1-3H3. The minimum Gasteiger partial charge on any atom is -0.316 e. The summed E-state index contributed by atoms with van der Waals surface area (Å²) in [6.45, 7) is 5.11. The van der Waals surface area contributed by atoms with Crippen molar-refractivity contribution < 1.29 is 4.39 Å². The second-order valence-corrected chi connectivity index (χ2v) is 4.96. The van der Waals surface area contributed by atoms with Gasteiger partial charge in [-0.1, -0.05) is 23.7 Å². The fourth-order valence-corrected chi connectivity index (χ4v) is 2.35. The van der Waals surface area contributed by atoms with Gasteiger partial charge in [-0.05, 0) is 27.0 Å². The van der Waals surface area contributed by atoms with Gasteiger partial charge in [0, 0.05) is 23.4 Å². The van der Waals surface area contributed by atoms with Gasteiger partial charge in [0.05, 0.1) is 17.3 Å². The summed E-state index contributed by atoms with van der Waals surface area (Å²) in [5, 5.41) is 7.72. The average molecular weight is 282 g/mol. The van der Waals surface area contributed by atoms with Crippen molar-refractivity contribution in [1.29, 1.82) is 0 Å². The molecule has 1 heterocycles. The molecule has 0 radical (unpaired) electrons. The number of nitrogens with zero attached hydrogens (tertiary/aromatic N) is 2. The number of halogens is 2. The molecule has 0 spiro atoms. The fourth-order valence-electron chi connectivity index (χ4n) is 2.15. The molecule has 0 unspecified atom stereocenters. The van der Waals surface area contributed by atoms with Crippen LogP contribution in [0.1, 0.15) is 22.5 Å². The minimum atomic E-state index is -0.369. The Morgan fingerprint density at radius 1 is 1.37 bits per heavy atom. The van der Waals surface area contributed by atoms with Gasteiger partial charge in [-0.15, -0.1) is 0 Å². The highest BCUT2D eigenvalue weighted by Crippen LogP contribution is 2.20. The summed E-state index contributed by atoms with van der Waals surface area (Å²) < 4.78 is 15.7. The van der Waals surface area contributed by atoms with E-state index in [1.807, 2.05) is 25.6 Å². The normalized spacial score (nSPS) is 11.0. The van der Waals surface area contributed by atoms with Crippen molar-refractivity contribution in [2.75, 3.05) is 7.05 Å². The molecule has 3 nitrogen and oxygen atoms in total. The van der Waals surface area contributed by atoms with Gasteiger partial charge in [0.2, 0.25) is 0 Å². The Bertz CT molecular complexity index is 593. The van der Waals surface area contributed by atoms with E-state index in [-0.39, 0.29) is 10.8 Å². The molecule has 0 bridgehead atoms. The molecule has 0 aliphatic heterocycles. The summed E-state index contributed by atoms with van der Waals surface area (Å²) in [6.07, 6.45) is 0. The molecule has 0 saturated heterocycles. The summed E-state index contributed by atoms with van der Waals surface area (Å²) in [5.41, 5.74) is 3.72. The van der Waals surface area contributed by atoms with Crippen LogP contribution in [0.5, 0.6) is 0 Å². The minimum absolute atomic E-state index is 0.148.